The van der Waals surface area contributed by atoms with Gasteiger partial charge in [0.2, 0.25) is 8.32 Å². The highest BCUT2D eigenvalue weighted by Crippen LogP contribution is 2.36. The first-order chi connectivity index (χ1) is 8.44. The number of hydrogen-bond acceptors (Lipinski definition) is 2. The first-order valence-electron chi connectivity index (χ1n) is 7.30. The zero-order chi connectivity index (χ0) is 15.3. The summed E-state index contributed by atoms with van der Waals surface area (Å²) in [5.41, 5.74) is -0.212. The van der Waals surface area contributed by atoms with Gasteiger partial charge in [0.1, 0.15) is 5.78 Å². The van der Waals surface area contributed by atoms with E-state index in [0.717, 1.165) is 12.8 Å². The number of carbonyl (C=O) groups is 1. The van der Waals surface area contributed by atoms with Crippen LogP contribution in [0.4, 0.5) is 0 Å². The summed E-state index contributed by atoms with van der Waals surface area (Å²) < 4.78 is 5.97. The Hall–Kier alpha value is -0.573. The van der Waals surface area contributed by atoms with Crippen LogP contribution in [0.2, 0.25) is 18.1 Å². The van der Waals surface area contributed by atoms with Crippen LogP contribution in [-0.2, 0) is 9.22 Å². The molecule has 0 aromatic carbocycles. The molecule has 0 aliphatic heterocycles. The summed E-state index contributed by atoms with van der Waals surface area (Å²) >= 11 is 0. The highest BCUT2D eigenvalue weighted by atomic mass is 28.4. The standard InChI is InChI=1S/C16H32O2Si/c1-9-14(17)16(5,6)12-10-11-13-18-19(7,8)15(2,3)4/h11,13H,9-10,12H2,1-8H3. The minimum absolute atomic E-state index is 0.212. The van der Waals surface area contributed by atoms with Crippen molar-refractivity contribution in [3.8, 4) is 0 Å². The monoisotopic (exact) mass is 284 g/mol. The molecule has 112 valence electrons. The van der Waals surface area contributed by atoms with Crippen LogP contribution in [0.15, 0.2) is 12.3 Å². The van der Waals surface area contributed by atoms with Gasteiger partial charge < -0.3 is 4.43 Å². The molecular weight excluding hydrogens is 252 g/mol. The molecule has 0 amide bonds. The quantitative estimate of drug-likeness (QED) is 0.468. The lowest BCUT2D eigenvalue weighted by molar-refractivity contribution is -0.127. The van der Waals surface area contributed by atoms with Crippen LogP contribution in [0.5, 0.6) is 0 Å². The summed E-state index contributed by atoms with van der Waals surface area (Å²) in [7, 11) is -1.68. The van der Waals surface area contributed by atoms with Crippen LogP contribution in [0.1, 0.15) is 60.8 Å². The molecule has 0 heterocycles. The molecule has 0 radical (unpaired) electrons. The minimum atomic E-state index is -1.68. The number of carbonyl (C=O) groups excluding carboxylic acids is 1. The maximum Gasteiger partial charge on any atom is 0.249 e. The van der Waals surface area contributed by atoms with Crippen molar-refractivity contribution in [3.05, 3.63) is 12.3 Å². The summed E-state index contributed by atoms with van der Waals surface area (Å²) in [6, 6.07) is 0. The van der Waals surface area contributed by atoms with Crippen molar-refractivity contribution in [2.24, 2.45) is 5.41 Å². The van der Waals surface area contributed by atoms with Gasteiger partial charge in [0.25, 0.3) is 0 Å². The highest BCUT2D eigenvalue weighted by Gasteiger charge is 2.37. The highest BCUT2D eigenvalue weighted by molar-refractivity contribution is 6.74. The average molecular weight is 285 g/mol. The van der Waals surface area contributed by atoms with E-state index in [4.69, 9.17) is 4.43 Å². The topological polar surface area (TPSA) is 26.3 Å². The maximum atomic E-state index is 11.7. The van der Waals surface area contributed by atoms with Gasteiger partial charge in [-0.15, -0.1) is 0 Å². The number of hydrogen-bond donors (Lipinski definition) is 0. The average Bonchev–Trinajstić information content (AvgIpc) is 2.25. The van der Waals surface area contributed by atoms with Crippen LogP contribution < -0.4 is 0 Å². The van der Waals surface area contributed by atoms with E-state index in [-0.39, 0.29) is 10.5 Å². The smallest absolute Gasteiger partial charge is 0.249 e. The Kier molecular flexibility index (Phi) is 6.53. The van der Waals surface area contributed by atoms with Gasteiger partial charge in [-0.1, -0.05) is 47.6 Å². The molecule has 0 aliphatic rings. The summed E-state index contributed by atoms with van der Waals surface area (Å²) in [6.07, 6.45) is 6.32. The van der Waals surface area contributed by atoms with Gasteiger partial charge in [-0.05, 0) is 31.0 Å². The Bertz CT molecular complexity index is 322. The minimum Gasteiger partial charge on any atom is -0.549 e. The predicted molar refractivity (Wildman–Crippen MR) is 85.7 cm³/mol. The lowest BCUT2D eigenvalue weighted by atomic mass is 9.82. The molecule has 0 bridgehead atoms. The summed E-state index contributed by atoms with van der Waals surface area (Å²) in [4.78, 5) is 11.7. The van der Waals surface area contributed by atoms with Gasteiger partial charge in [-0.3, -0.25) is 4.79 Å². The fourth-order valence-corrected chi connectivity index (χ4v) is 2.32. The van der Waals surface area contributed by atoms with Crippen LogP contribution in [0.25, 0.3) is 0 Å². The van der Waals surface area contributed by atoms with E-state index in [9.17, 15) is 4.79 Å². The summed E-state index contributed by atoms with van der Waals surface area (Å²) in [6.45, 7) is 17.2. The maximum absolute atomic E-state index is 11.7. The van der Waals surface area contributed by atoms with Crippen LogP contribution in [0, 0.1) is 5.41 Å². The second-order valence-electron chi connectivity index (χ2n) is 7.45. The lowest BCUT2D eigenvalue weighted by Crippen LogP contribution is -2.39. The van der Waals surface area contributed by atoms with Crippen LogP contribution in [0.3, 0.4) is 0 Å². The molecule has 0 unspecified atom stereocenters. The van der Waals surface area contributed by atoms with Crippen molar-refractivity contribution in [1.29, 1.82) is 0 Å². The number of rotatable bonds is 7. The van der Waals surface area contributed by atoms with E-state index in [1.54, 1.807) is 0 Å². The normalized spacial score (nSPS) is 13.9. The van der Waals surface area contributed by atoms with Crippen molar-refractivity contribution in [3.63, 3.8) is 0 Å². The number of Topliss-reactive ketones (excluding diaryl/α,β-unsaturated/α-hetero) is 1. The Morgan fingerprint density at radius 2 is 1.68 bits per heavy atom. The molecule has 0 aliphatic carbocycles. The molecule has 0 saturated carbocycles. The van der Waals surface area contributed by atoms with E-state index in [1.807, 2.05) is 27.0 Å². The van der Waals surface area contributed by atoms with Crippen molar-refractivity contribution in [2.75, 3.05) is 0 Å². The van der Waals surface area contributed by atoms with Gasteiger partial charge >= 0.3 is 0 Å². The predicted octanol–water partition coefficient (Wildman–Crippen LogP) is 5.31. The summed E-state index contributed by atoms with van der Waals surface area (Å²) in [5, 5.41) is 0.231. The second-order valence-corrected chi connectivity index (χ2v) is 12.2. The molecule has 0 aromatic heterocycles. The Morgan fingerprint density at radius 1 is 1.16 bits per heavy atom. The van der Waals surface area contributed by atoms with Gasteiger partial charge in [0, 0.05) is 11.8 Å². The van der Waals surface area contributed by atoms with E-state index in [0.29, 0.717) is 12.2 Å². The largest absolute Gasteiger partial charge is 0.549 e. The van der Waals surface area contributed by atoms with Gasteiger partial charge in [-0.2, -0.15) is 0 Å². The molecule has 0 rings (SSSR count). The van der Waals surface area contributed by atoms with Crippen molar-refractivity contribution in [1.82, 2.24) is 0 Å². The molecule has 0 spiro atoms. The van der Waals surface area contributed by atoms with E-state index < -0.39 is 8.32 Å². The third-order valence-corrected chi connectivity index (χ3v) is 8.61. The third kappa shape index (κ3) is 5.94. The van der Waals surface area contributed by atoms with Gasteiger partial charge in [0.05, 0.1) is 6.26 Å². The SMILES string of the molecule is CCC(=O)C(C)(C)CCC=CO[Si](C)(C)C(C)(C)C. The van der Waals surface area contributed by atoms with Crippen molar-refractivity contribution >= 4 is 14.1 Å². The van der Waals surface area contributed by atoms with E-state index >= 15 is 0 Å². The molecule has 0 saturated heterocycles. The fourth-order valence-electron chi connectivity index (χ4n) is 1.53. The first kappa shape index (κ1) is 18.4. The Balaban J connectivity index is 4.24. The van der Waals surface area contributed by atoms with Gasteiger partial charge in [0.15, 0.2) is 0 Å². The van der Waals surface area contributed by atoms with Crippen molar-refractivity contribution < 1.29 is 9.22 Å². The van der Waals surface area contributed by atoms with Crippen molar-refractivity contribution in [2.45, 2.75) is 78.9 Å². The molecule has 0 atom stereocenters. The fraction of sp³-hybridized carbons (Fsp3) is 0.812. The van der Waals surface area contributed by atoms with E-state index in [2.05, 4.69) is 39.9 Å². The Morgan fingerprint density at radius 3 is 2.11 bits per heavy atom. The van der Waals surface area contributed by atoms with E-state index in [1.165, 1.54) is 0 Å². The Labute approximate surface area is 120 Å². The molecule has 0 N–H and O–H groups in total. The van der Waals surface area contributed by atoms with Crippen LogP contribution in [-0.4, -0.2) is 14.1 Å². The zero-order valence-corrected chi connectivity index (χ0v) is 15.1. The zero-order valence-electron chi connectivity index (χ0n) is 14.1. The lowest BCUT2D eigenvalue weighted by Gasteiger charge is -2.35. The molecule has 19 heavy (non-hydrogen) atoms. The second kappa shape index (κ2) is 6.73. The first-order valence-corrected chi connectivity index (χ1v) is 10.2. The third-order valence-electron chi connectivity index (χ3n) is 4.28. The summed E-state index contributed by atoms with van der Waals surface area (Å²) in [5.74, 6) is 0.339. The molecule has 2 nitrogen and oxygen atoms in total. The molecular formula is C16H32O2Si. The number of allylic oxidation sites excluding steroid dienone is 1. The number of ketones is 1. The molecule has 0 aromatic rings. The molecule has 3 heteroatoms. The van der Waals surface area contributed by atoms with Crippen LogP contribution >= 0.6 is 0 Å². The van der Waals surface area contributed by atoms with Gasteiger partial charge in [-0.25, -0.2) is 0 Å². The molecule has 0 fully saturated rings.